The average Bonchev–Trinajstić information content (AvgIpc) is 3.81. The number of amides is 1. The van der Waals surface area contributed by atoms with E-state index in [9.17, 15) is 22.8 Å². The fourth-order valence-corrected chi connectivity index (χ4v) is 4.24. The first kappa shape index (κ1) is 24.1. The number of hydrogen-bond donors (Lipinski definition) is 1. The van der Waals surface area contributed by atoms with Gasteiger partial charge in [-0.25, -0.2) is 4.79 Å². The summed E-state index contributed by atoms with van der Waals surface area (Å²) in [5.41, 5.74) is 2.54. The number of benzene rings is 3. The molecule has 0 aromatic heterocycles. The third-order valence-corrected chi connectivity index (χ3v) is 6.50. The van der Waals surface area contributed by atoms with Crippen LogP contribution >= 0.6 is 0 Å². The van der Waals surface area contributed by atoms with Gasteiger partial charge in [-0.1, -0.05) is 54.6 Å². The molecule has 2 atom stereocenters. The van der Waals surface area contributed by atoms with Crippen LogP contribution in [0, 0.1) is 5.92 Å². The van der Waals surface area contributed by atoms with Gasteiger partial charge in [0.05, 0.1) is 5.69 Å². The molecule has 0 heterocycles. The van der Waals surface area contributed by atoms with Gasteiger partial charge in [0.25, 0.3) is 5.91 Å². The Morgan fingerprint density at radius 3 is 2.36 bits per heavy atom. The molecule has 2 aliphatic rings. The number of hydroxylamine groups is 1. The molecule has 186 valence electrons. The third-order valence-electron chi connectivity index (χ3n) is 6.50. The van der Waals surface area contributed by atoms with Crippen molar-refractivity contribution in [1.29, 1.82) is 0 Å². The minimum absolute atomic E-state index is 0.0137. The van der Waals surface area contributed by atoms with Crippen molar-refractivity contribution >= 4 is 17.6 Å². The summed E-state index contributed by atoms with van der Waals surface area (Å²) in [6.07, 6.45) is -1.80. The first-order valence-corrected chi connectivity index (χ1v) is 11.9. The summed E-state index contributed by atoms with van der Waals surface area (Å²) < 4.78 is 39.2. The van der Waals surface area contributed by atoms with Gasteiger partial charge in [0, 0.05) is 17.5 Å². The number of alkyl halides is 3. The SMILES string of the molecule is O=C(c1cccc([C@@H]2C[C@H]2NCC2CC2)c1)N(OC(=O)C(F)(F)F)c1cccc(-c2ccccc2)c1. The quantitative estimate of drug-likeness (QED) is 0.417. The smallest absolute Gasteiger partial charge is 0.324 e. The number of nitrogens with zero attached hydrogens (tertiary/aromatic N) is 1. The number of nitrogens with one attached hydrogen (secondary N) is 1. The second-order valence-corrected chi connectivity index (χ2v) is 9.32. The monoisotopic (exact) mass is 494 g/mol. The zero-order valence-electron chi connectivity index (χ0n) is 19.4. The highest BCUT2D eigenvalue weighted by Crippen LogP contribution is 2.42. The van der Waals surface area contributed by atoms with E-state index in [1.54, 1.807) is 24.3 Å². The van der Waals surface area contributed by atoms with Crippen LogP contribution < -0.4 is 10.4 Å². The Balaban J connectivity index is 1.41. The maximum absolute atomic E-state index is 13.4. The van der Waals surface area contributed by atoms with E-state index in [1.807, 2.05) is 36.4 Å². The van der Waals surface area contributed by atoms with Crippen LogP contribution in [0.25, 0.3) is 11.1 Å². The molecule has 36 heavy (non-hydrogen) atoms. The molecule has 5 rings (SSSR count). The Morgan fingerprint density at radius 1 is 0.917 bits per heavy atom. The summed E-state index contributed by atoms with van der Waals surface area (Å²) in [5.74, 6) is -2.33. The van der Waals surface area contributed by atoms with Gasteiger partial charge in [0.15, 0.2) is 0 Å². The predicted octanol–water partition coefficient (Wildman–Crippen LogP) is 5.88. The first-order chi connectivity index (χ1) is 17.3. The lowest BCUT2D eigenvalue weighted by atomic mass is 10.0. The topological polar surface area (TPSA) is 58.6 Å². The summed E-state index contributed by atoms with van der Waals surface area (Å²) in [4.78, 5) is 29.8. The molecular formula is C28H25F3N2O3. The molecule has 2 fully saturated rings. The van der Waals surface area contributed by atoms with Gasteiger partial charge in [0.1, 0.15) is 0 Å². The van der Waals surface area contributed by atoms with Gasteiger partial charge in [-0.2, -0.15) is 13.2 Å². The molecule has 8 heteroatoms. The summed E-state index contributed by atoms with van der Waals surface area (Å²) >= 11 is 0. The molecule has 0 aliphatic heterocycles. The highest BCUT2D eigenvalue weighted by molar-refractivity contribution is 6.06. The van der Waals surface area contributed by atoms with Crippen LogP contribution in [0.1, 0.15) is 41.1 Å². The van der Waals surface area contributed by atoms with Gasteiger partial charge >= 0.3 is 12.1 Å². The number of hydrogen-bond acceptors (Lipinski definition) is 4. The summed E-state index contributed by atoms with van der Waals surface area (Å²) in [6.45, 7) is 0.985. The van der Waals surface area contributed by atoms with Gasteiger partial charge in [-0.15, -0.1) is 5.06 Å². The Labute approximate surface area is 206 Å². The Morgan fingerprint density at radius 2 is 1.64 bits per heavy atom. The predicted molar refractivity (Wildman–Crippen MR) is 129 cm³/mol. The molecule has 0 bridgehead atoms. The number of carbonyl (C=O) groups is 2. The van der Waals surface area contributed by atoms with Gasteiger partial charge < -0.3 is 10.2 Å². The molecule has 1 N–H and O–H groups in total. The minimum Gasteiger partial charge on any atom is -0.324 e. The lowest BCUT2D eigenvalue weighted by molar-refractivity contribution is -0.199. The number of rotatable bonds is 7. The van der Waals surface area contributed by atoms with E-state index in [0.29, 0.717) is 16.7 Å². The van der Waals surface area contributed by atoms with Crippen LogP contribution in [-0.4, -0.2) is 30.6 Å². The minimum atomic E-state index is -5.26. The second kappa shape index (κ2) is 9.78. The molecule has 1 amide bonds. The summed E-state index contributed by atoms with van der Waals surface area (Å²) in [7, 11) is 0. The zero-order valence-corrected chi connectivity index (χ0v) is 19.4. The van der Waals surface area contributed by atoms with E-state index in [1.165, 1.54) is 31.0 Å². The number of halogens is 3. The van der Waals surface area contributed by atoms with E-state index in [0.717, 1.165) is 30.0 Å². The molecule has 0 unspecified atom stereocenters. The van der Waals surface area contributed by atoms with Crippen molar-refractivity contribution in [1.82, 2.24) is 5.32 Å². The van der Waals surface area contributed by atoms with Gasteiger partial charge in [0.2, 0.25) is 0 Å². The largest absolute Gasteiger partial charge is 0.493 e. The molecule has 0 radical (unpaired) electrons. The van der Waals surface area contributed by atoms with E-state index in [4.69, 9.17) is 0 Å². The van der Waals surface area contributed by atoms with Crippen LogP contribution in [0.15, 0.2) is 78.9 Å². The highest BCUT2D eigenvalue weighted by Gasteiger charge is 2.44. The molecule has 2 aliphatic carbocycles. The molecule has 5 nitrogen and oxygen atoms in total. The van der Waals surface area contributed by atoms with Crippen molar-refractivity contribution in [2.75, 3.05) is 11.6 Å². The van der Waals surface area contributed by atoms with Crippen LogP contribution in [0.5, 0.6) is 0 Å². The highest BCUT2D eigenvalue weighted by atomic mass is 19.4. The van der Waals surface area contributed by atoms with Crippen molar-refractivity contribution in [3.63, 3.8) is 0 Å². The normalized spacial score (nSPS) is 19.0. The Kier molecular flexibility index (Phi) is 6.53. The number of carbonyl (C=O) groups excluding carboxylic acids is 2. The maximum Gasteiger partial charge on any atom is 0.493 e. The lowest BCUT2D eigenvalue weighted by Gasteiger charge is -2.22. The van der Waals surface area contributed by atoms with Crippen molar-refractivity contribution < 1.29 is 27.6 Å². The number of anilines is 1. The van der Waals surface area contributed by atoms with Crippen molar-refractivity contribution in [2.45, 2.75) is 37.4 Å². The van der Waals surface area contributed by atoms with Gasteiger partial charge in [-0.05, 0) is 72.7 Å². The molecule has 0 saturated heterocycles. The van der Waals surface area contributed by atoms with Crippen molar-refractivity contribution in [3.05, 3.63) is 90.0 Å². The standard InChI is InChI=1S/C28H25F3N2O3/c29-28(30,31)27(35)36-33(23-11-5-8-20(15-23)19-6-2-1-3-7-19)26(34)22-10-4-9-21(14-22)24-16-25(24)32-17-18-12-13-18/h1-11,14-15,18,24-25,32H,12-13,16-17H2/t24-,25+/m0/s1. The third kappa shape index (κ3) is 5.60. The Hall–Kier alpha value is -3.65. The van der Waals surface area contributed by atoms with E-state index >= 15 is 0 Å². The molecule has 3 aromatic rings. The lowest BCUT2D eigenvalue weighted by Crippen LogP contribution is -2.38. The van der Waals surface area contributed by atoms with Crippen LogP contribution in [0.4, 0.5) is 18.9 Å². The summed E-state index contributed by atoms with van der Waals surface area (Å²) in [5, 5.41) is 3.97. The van der Waals surface area contributed by atoms with Gasteiger partial charge in [-0.3, -0.25) is 4.79 Å². The first-order valence-electron chi connectivity index (χ1n) is 11.9. The molecule has 2 saturated carbocycles. The molecular weight excluding hydrogens is 469 g/mol. The van der Waals surface area contributed by atoms with Crippen molar-refractivity contribution in [3.8, 4) is 11.1 Å². The molecule has 0 spiro atoms. The van der Waals surface area contributed by atoms with E-state index < -0.39 is 18.1 Å². The second-order valence-electron chi connectivity index (χ2n) is 9.32. The van der Waals surface area contributed by atoms with E-state index in [2.05, 4.69) is 10.2 Å². The van der Waals surface area contributed by atoms with Crippen LogP contribution in [-0.2, 0) is 9.63 Å². The molecule has 3 aromatic carbocycles. The van der Waals surface area contributed by atoms with E-state index in [-0.39, 0.29) is 17.2 Å². The maximum atomic E-state index is 13.4. The fraction of sp³-hybridized carbons (Fsp3) is 0.286. The zero-order chi connectivity index (χ0) is 25.3. The van der Waals surface area contributed by atoms with Crippen LogP contribution in [0.2, 0.25) is 0 Å². The van der Waals surface area contributed by atoms with Crippen molar-refractivity contribution in [2.24, 2.45) is 5.92 Å². The fourth-order valence-electron chi connectivity index (χ4n) is 4.24. The average molecular weight is 495 g/mol. The van der Waals surface area contributed by atoms with Crippen LogP contribution in [0.3, 0.4) is 0 Å². The summed E-state index contributed by atoms with van der Waals surface area (Å²) in [6, 6.07) is 22.6. The Bertz CT molecular complexity index is 1260.